The number of nitrogens with two attached hydrogens (primary N) is 1. The molecule has 0 spiro atoms. The minimum absolute atomic E-state index is 0.0104. The van der Waals surface area contributed by atoms with Crippen LogP contribution in [-0.2, 0) is 9.53 Å². The highest BCUT2D eigenvalue weighted by atomic mass is 32.1. The molecular weight excluding hydrogens is 278 g/mol. The summed E-state index contributed by atoms with van der Waals surface area (Å²) in [5, 5.41) is 3.00. The number of ether oxygens (including phenoxy) is 2. The van der Waals surface area contributed by atoms with Gasteiger partial charge in [0.05, 0.1) is 13.2 Å². The van der Waals surface area contributed by atoms with Gasteiger partial charge in [-0.25, -0.2) is 0 Å². The first kappa shape index (κ1) is 14.5. The van der Waals surface area contributed by atoms with E-state index in [1.54, 1.807) is 23.1 Å². The second-order valence-electron chi connectivity index (χ2n) is 4.30. The Kier molecular flexibility index (Phi) is 5.14. The summed E-state index contributed by atoms with van der Waals surface area (Å²) in [5.41, 5.74) is 6.13. The smallest absolute Gasteiger partial charge is 0.260 e. The molecule has 0 atom stereocenters. The molecule has 0 saturated carbocycles. The lowest BCUT2D eigenvalue weighted by Gasteiger charge is -2.26. The van der Waals surface area contributed by atoms with Gasteiger partial charge in [0.2, 0.25) is 0 Å². The van der Waals surface area contributed by atoms with Crippen molar-refractivity contribution in [3.05, 3.63) is 24.3 Å². The van der Waals surface area contributed by atoms with E-state index in [-0.39, 0.29) is 17.6 Å². The summed E-state index contributed by atoms with van der Waals surface area (Å²) in [5.74, 6) is 0.550. The molecule has 0 radical (unpaired) electrons. The van der Waals surface area contributed by atoms with Crippen molar-refractivity contribution in [2.45, 2.75) is 0 Å². The monoisotopic (exact) mass is 295 g/mol. The Morgan fingerprint density at radius 2 is 2.20 bits per heavy atom. The lowest BCUT2D eigenvalue weighted by Crippen LogP contribution is -2.42. The van der Waals surface area contributed by atoms with E-state index in [0.29, 0.717) is 32.1 Å². The number of nitrogens with one attached hydrogen (secondary N) is 1. The first-order chi connectivity index (χ1) is 9.65. The molecule has 0 bridgehead atoms. The molecule has 1 aromatic carbocycles. The Hall–Kier alpha value is -1.86. The van der Waals surface area contributed by atoms with Gasteiger partial charge in [0.25, 0.3) is 5.91 Å². The fraction of sp³-hybridized carbons (Fsp3) is 0.385. The van der Waals surface area contributed by atoms with Gasteiger partial charge in [-0.05, 0) is 24.4 Å². The number of carbonyl (C=O) groups excluding carboxylic acids is 1. The van der Waals surface area contributed by atoms with Crippen molar-refractivity contribution in [3.63, 3.8) is 0 Å². The summed E-state index contributed by atoms with van der Waals surface area (Å²) < 4.78 is 10.7. The lowest BCUT2D eigenvalue weighted by molar-refractivity contribution is -0.137. The van der Waals surface area contributed by atoms with Crippen LogP contribution in [0.4, 0.5) is 5.69 Å². The van der Waals surface area contributed by atoms with Crippen molar-refractivity contribution in [3.8, 4) is 5.75 Å². The minimum Gasteiger partial charge on any atom is -0.484 e. The van der Waals surface area contributed by atoms with E-state index < -0.39 is 0 Å². The maximum Gasteiger partial charge on any atom is 0.260 e. The van der Waals surface area contributed by atoms with E-state index in [1.165, 1.54) is 0 Å². The van der Waals surface area contributed by atoms with Crippen LogP contribution in [0.25, 0.3) is 0 Å². The first-order valence-corrected chi connectivity index (χ1v) is 6.71. The summed E-state index contributed by atoms with van der Waals surface area (Å²) in [6.07, 6.45) is 0. The second-order valence-corrected chi connectivity index (χ2v) is 4.74. The molecule has 1 aliphatic rings. The highest BCUT2D eigenvalue weighted by molar-refractivity contribution is 7.80. The number of amides is 1. The number of hydrogen-bond donors (Lipinski definition) is 2. The quantitative estimate of drug-likeness (QED) is 0.791. The van der Waals surface area contributed by atoms with E-state index in [0.717, 1.165) is 5.69 Å². The maximum atomic E-state index is 11.9. The molecule has 20 heavy (non-hydrogen) atoms. The summed E-state index contributed by atoms with van der Waals surface area (Å²) in [4.78, 5) is 13.7. The molecule has 1 heterocycles. The number of morpholine rings is 1. The fourth-order valence-corrected chi connectivity index (χ4v) is 1.97. The average Bonchev–Trinajstić information content (AvgIpc) is 2.45. The van der Waals surface area contributed by atoms with Gasteiger partial charge in [0.15, 0.2) is 11.7 Å². The van der Waals surface area contributed by atoms with E-state index in [4.69, 9.17) is 27.4 Å². The lowest BCUT2D eigenvalue weighted by atomic mass is 10.3. The van der Waals surface area contributed by atoms with Crippen LogP contribution in [0.3, 0.4) is 0 Å². The Morgan fingerprint density at radius 3 is 2.90 bits per heavy atom. The van der Waals surface area contributed by atoms with Crippen LogP contribution >= 0.6 is 12.2 Å². The average molecular weight is 295 g/mol. The zero-order valence-electron chi connectivity index (χ0n) is 11.0. The number of hydrogen-bond acceptors (Lipinski definition) is 4. The van der Waals surface area contributed by atoms with Crippen LogP contribution in [0, 0.1) is 0 Å². The molecular formula is C13H17N3O3S. The summed E-state index contributed by atoms with van der Waals surface area (Å²) >= 11 is 4.77. The van der Waals surface area contributed by atoms with E-state index >= 15 is 0 Å². The van der Waals surface area contributed by atoms with Crippen LogP contribution in [0.5, 0.6) is 5.75 Å². The molecule has 1 aliphatic heterocycles. The Balaban J connectivity index is 1.86. The number of carbonyl (C=O) groups is 1. The number of benzene rings is 1. The molecule has 1 saturated heterocycles. The van der Waals surface area contributed by atoms with Crippen LogP contribution in [0.1, 0.15) is 0 Å². The summed E-state index contributed by atoms with van der Waals surface area (Å²) in [7, 11) is 0. The molecule has 7 heteroatoms. The molecule has 0 aromatic heterocycles. The van der Waals surface area contributed by atoms with Gasteiger partial charge < -0.3 is 25.4 Å². The second kappa shape index (κ2) is 7.06. The Labute approximate surface area is 122 Å². The van der Waals surface area contributed by atoms with Crippen LogP contribution in [-0.4, -0.2) is 48.8 Å². The van der Waals surface area contributed by atoms with Crippen molar-refractivity contribution in [2.24, 2.45) is 5.73 Å². The number of rotatable bonds is 4. The topological polar surface area (TPSA) is 76.8 Å². The SMILES string of the molecule is NC(=S)Nc1cccc(OCC(=O)N2CCOCC2)c1. The van der Waals surface area contributed by atoms with E-state index in [9.17, 15) is 4.79 Å². The summed E-state index contributed by atoms with van der Waals surface area (Å²) in [6, 6.07) is 7.13. The third kappa shape index (κ3) is 4.36. The largest absolute Gasteiger partial charge is 0.484 e. The molecule has 3 N–H and O–H groups in total. The number of anilines is 1. The van der Waals surface area contributed by atoms with Crippen molar-refractivity contribution in [1.82, 2.24) is 4.90 Å². The van der Waals surface area contributed by atoms with Gasteiger partial charge >= 0.3 is 0 Å². The number of nitrogens with zero attached hydrogens (tertiary/aromatic N) is 1. The van der Waals surface area contributed by atoms with Crippen LogP contribution in [0.2, 0.25) is 0 Å². The molecule has 108 valence electrons. The van der Waals surface area contributed by atoms with Gasteiger partial charge in [-0.15, -0.1) is 0 Å². The molecule has 6 nitrogen and oxygen atoms in total. The van der Waals surface area contributed by atoms with Gasteiger partial charge in [0, 0.05) is 24.8 Å². The van der Waals surface area contributed by atoms with Crippen LogP contribution in [0.15, 0.2) is 24.3 Å². The Bertz CT molecular complexity index is 490. The standard InChI is InChI=1S/C13H17N3O3S/c14-13(20)15-10-2-1-3-11(8-10)19-9-12(17)16-4-6-18-7-5-16/h1-3,8H,4-7,9H2,(H3,14,15,20). The van der Waals surface area contributed by atoms with Gasteiger partial charge in [-0.1, -0.05) is 6.07 Å². The summed E-state index contributed by atoms with van der Waals surface area (Å²) in [6.45, 7) is 2.41. The molecule has 0 unspecified atom stereocenters. The zero-order valence-corrected chi connectivity index (χ0v) is 11.8. The third-order valence-electron chi connectivity index (χ3n) is 2.83. The van der Waals surface area contributed by atoms with Gasteiger partial charge in [0.1, 0.15) is 5.75 Å². The van der Waals surface area contributed by atoms with Crippen molar-refractivity contribution < 1.29 is 14.3 Å². The molecule has 1 fully saturated rings. The minimum atomic E-state index is -0.0407. The van der Waals surface area contributed by atoms with Gasteiger partial charge in [-0.3, -0.25) is 4.79 Å². The highest BCUT2D eigenvalue weighted by Gasteiger charge is 2.17. The van der Waals surface area contributed by atoms with Crippen molar-refractivity contribution in [2.75, 3.05) is 38.2 Å². The first-order valence-electron chi connectivity index (χ1n) is 6.30. The predicted octanol–water partition coefficient (Wildman–Crippen LogP) is 0.580. The number of thiocarbonyl (C=S) groups is 1. The fourth-order valence-electron chi connectivity index (χ4n) is 1.86. The maximum absolute atomic E-state index is 11.9. The highest BCUT2D eigenvalue weighted by Crippen LogP contribution is 2.17. The van der Waals surface area contributed by atoms with Crippen molar-refractivity contribution in [1.29, 1.82) is 0 Å². The van der Waals surface area contributed by atoms with Crippen molar-refractivity contribution >= 4 is 28.9 Å². The van der Waals surface area contributed by atoms with Gasteiger partial charge in [-0.2, -0.15) is 0 Å². The third-order valence-corrected chi connectivity index (χ3v) is 2.93. The molecule has 0 aliphatic carbocycles. The predicted molar refractivity (Wildman–Crippen MR) is 79.7 cm³/mol. The molecule has 2 rings (SSSR count). The van der Waals surface area contributed by atoms with E-state index in [1.807, 2.05) is 6.07 Å². The molecule has 1 amide bonds. The van der Waals surface area contributed by atoms with E-state index in [2.05, 4.69) is 5.32 Å². The normalized spacial score (nSPS) is 14.7. The zero-order chi connectivity index (χ0) is 14.4. The molecule has 1 aromatic rings. The van der Waals surface area contributed by atoms with Crippen LogP contribution < -0.4 is 15.8 Å². The Morgan fingerprint density at radius 1 is 1.45 bits per heavy atom.